The Bertz CT molecular complexity index is 1270. The van der Waals surface area contributed by atoms with Crippen molar-refractivity contribution in [3.63, 3.8) is 0 Å². The lowest BCUT2D eigenvalue weighted by atomic mass is 10.0. The van der Waals surface area contributed by atoms with Gasteiger partial charge in [-0.15, -0.1) is 0 Å². The Morgan fingerprint density at radius 1 is 1.17 bits per heavy atom. The largest absolute Gasteiger partial charge is 0.478 e. The highest BCUT2D eigenvalue weighted by Gasteiger charge is 2.45. The number of rotatable bonds is 11. The lowest BCUT2D eigenvalue weighted by Crippen LogP contribution is -2.66. The number of aliphatic carboxylic acids is 1. The topological polar surface area (TPSA) is 173 Å². The zero-order valence-corrected chi connectivity index (χ0v) is 21.3. The number of nitrogen functional groups attached to an aromatic ring is 1. The summed E-state index contributed by atoms with van der Waals surface area (Å²) in [5.41, 5.74) is 5.92. The fraction of sp³-hybridized carbons (Fsp3) is 0.417. The second-order valence-electron chi connectivity index (χ2n) is 8.88. The number of sulfonamides is 1. The van der Waals surface area contributed by atoms with Crippen LogP contribution in [0.15, 0.2) is 40.4 Å². The van der Waals surface area contributed by atoms with Crippen LogP contribution in [0.3, 0.4) is 0 Å². The molecule has 11 nitrogen and oxygen atoms in total. The highest BCUT2D eigenvalue weighted by atomic mass is 32.2. The lowest BCUT2D eigenvalue weighted by Gasteiger charge is -2.31. The number of hydrogen-bond donors (Lipinski definition) is 4. The summed E-state index contributed by atoms with van der Waals surface area (Å²) < 4.78 is 29.3. The lowest BCUT2D eigenvalue weighted by molar-refractivity contribution is -0.148. The van der Waals surface area contributed by atoms with Gasteiger partial charge < -0.3 is 21.0 Å². The molecule has 1 aliphatic rings. The van der Waals surface area contributed by atoms with Crippen LogP contribution < -0.4 is 15.8 Å². The summed E-state index contributed by atoms with van der Waals surface area (Å²) in [4.78, 5) is 34.4. The number of carbonyl (C=O) groups is 2. The van der Waals surface area contributed by atoms with E-state index in [-0.39, 0.29) is 36.5 Å². The van der Waals surface area contributed by atoms with Crippen LogP contribution in [0.4, 0.5) is 5.82 Å². The molecule has 0 radical (unpaired) electrons. The van der Waals surface area contributed by atoms with Crippen molar-refractivity contribution >= 4 is 33.4 Å². The van der Waals surface area contributed by atoms with Gasteiger partial charge in [0, 0.05) is 12.1 Å². The molecule has 1 aromatic carbocycles. The van der Waals surface area contributed by atoms with Crippen molar-refractivity contribution < 1.29 is 28.0 Å². The molecular weight excluding hydrogens is 486 g/mol. The molecule has 0 fully saturated rings. The standard InChI is InChI=1S/C24H31N5O6S/c1-15-13-16(2)21(17(3)14-15)36(33,34)29-24(23(31)32,27-22(30)19-10-12-35-28-19)11-5-4-7-18-8-6-9-20(25)26-18/h6,8-9,13-14,29H,4-5,7,10-12H2,1-3H3,(H2,25,26)(H,27,30)(H,31,32). The maximum atomic E-state index is 13.5. The van der Waals surface area contributed by atoms with Crippen LogP contribution in [0.5, 0.6) is 0 Å². The molecule has 2 aromatic rings. The third kappa shape index (κ3) is 6.38. The molecule has 0 aliphatic carbocycles. The van der Waals surface area contributed by atoms with Crippen LogP contribution >= 0.6 is 0 Å². The number of anilines is 1. The summed E-state index contributed by atoms with van der Waals surface area (Å²) in [6.07, 6.45) is 1.22. The van der Waals surface area contributed by atoms with Crippen molar-refractivity contribution in [2.24, 2.45) is 5.16 Å². The van der Waals surface area contributed by atoms with Crippen LogP contribution in [0.25, 0.3) is 0 Å². The molecule has 1 amide bonds. The monoisotopic (exact) mass is 517 g/mol. The summed E-state index contributed by atoms with van der Waals surface area (Å²) in [6, 6.07) is 8.63. The van der Waals surface area contributed by atoms with Crippen molar-refractivity contribution in [1.29, 1.82) is 0 Å². The molecule has 2 heterocycles. The normalized spacial score (nSPS) is 15.0. The average Bonchev–Trinajstić information content (AvgIpc) is 3.30. The molecule has 3 rings (SSSR count). The highest BCUT2D eigenvalue weighted by molar-refractivity contribution is 7.89. The van der Waals surface area contributed by atoms with Crippen LogP contribution in [0.2, 0.25) is 0 Å². The van der Waals surface area contributed by atoms with Gasteiger partial charge >= 0.3 is 5.97 Å². The van der Waals surface area contributed by atoms with E-state index >= 15 is 0 Å². The number of aromatic nitrogens is 1. The zero-order chi connectivity index (χ0) is 26.5. The Balaban J connectivity index is 1.90. The number of amides is 1. The van der Waals surface area contributed by atoms with E-state index in [1.165, 1.54) is 0 Å². The number of unbranched alkanes of at least 4 members (excludes halogenated alkanes) is 1. The number of aryl methyl sites for hydroxylation is 4. The van der Waals surface area contributed by atoms with Gasteiger partial charge in [0.05, 0.1) is 4.90 Å². The summed E-state index contributed by atoms with van der Waals surface area (Å²) in [6.45, 7) is 5.30. The molecule has 36 heavy (non-hydrogen) atoms. The van der Waals surface area contributed by atoms with Crippen LogP contribution in [0, 0.1) is 20.8 Å². The van der Waals surface area contributed by atoms with Gasteiger partial charge in [0.15, 0.2) is 0 Å². The first kappa shape index (κ1) is 27.1. The van der Waals surface area contributed by atoms with Gasteiger partial charge in [-0.1, -0.05) is 28.9 Å². The van der Waals surface area contributed by atoms with E-state index in [0.29, 0.717) is 29.8 Å². The van der Waals surface area contributed by atoms with Crippen LogP contribution in [-0.2, 0) is 30.9 Å². The Morgan fingerprint density at radius 3 is 2.44 bits per heavy atom. The van der Waals surface area contributed by atoms with Gasteiger partial charge in [0.25, 0.3) is 5.91 Å². The number of carbonyl (C=O) groups excluding carboxylic acids is 1. The summed E-state index contributed by atoms with van der Waals surface area (Å²) >= 11 is 0. The SMILES string of the molecule is Cc1cc(C)c(S(=O)(=O)NC(CCCCc2cccc(N)n2)(NC(=O)C2=NOCC2)C(=O)O)c(C)c1. The van der Waals surface area contributed by atoms with Crippen LogP contribution in [-0.4, -0.2) is 48.4 Å². The highest BCUT2D eigenvalue weighted by Crippen LogP contribution is 2.25. The number of pyridine rings is 1. The predicted octanol–water partition coefficient (Wildman–Crippen LogP) is 1.95. The number of carboxylic acids is 1. The van der Waals surface area contributed by atoms with E-state index in [4.69, 9.17) is 10.6 Å². The molecule has 0 saturated carbocycles. The van der Waals surface area contributed by atoms with Crippen LogP contribution in [0.1, 0.15) is 48.1 Å². The predicted molar refractivity (Wildman–Crippen MR) is 134 cm³/mol. The summed E-state index contributed by atoms with van der Waals surface area (Å²) in [5.74, 6) is -1.98. The molecule has 1 unspecified atom stereocenters. The van der Waals surface area contributed by atoms with Crippen molar-refractivity contribution in [1.82, 2.24) is 15.0 Å². The Labute approximate surface area is 210 Å². The molecule has 194 valence electrons. The number of benzene rings is 1. The van der Waals surface area contributed by atoms with E-state index in [0.717, 1.165) is 11.3 Å². The quantitative estimate of drug-likeness (QED) is 0.258. The Morgan fingerprint density at radius 2 is 1.86 bits per heavy atom. The number of carboxylic acid groups (broad SMARTS) is 1. The van der Waals surface area contributed by atoms with Crippen molar-refractivity contribution in [2.45, 2.75) is 63.4 Å². The third-order valence-corrected chi connectivity index (χ3v) is 7.60. The van der Waals surface area contributed by atoms with Crippen molar-refractivity contribution in [3.05, 3.63) is 52.7 Å². The Hall–Kier alpha value is -3.51. The average molecular weight is 518 g/mol. The first-order chi connectivity index (χ1) is 16.9. The van der Waals surface area contributed by atoms with Gasteiger partial charge in [0.2, 0.25) is 15.7 Å². The van der Waals surface area contributed by atoms with Gasteiger partial charge in [0.1, 0.15) is 18.1 Å². The molecule has 0 spiro atoms. The van der Waals surface area contributed by atoms with Crippen molar-refractivity contribution in [2.75, 3.05) is 12.3 Å². The van der Waals surface area contributed by atoms with E-state index in [1.54, 1.807) is 44.2 Å². The zero-order valence-electron chi connectivity index (χ0n) is 20.5. The second-order valence-corrected chi connectivity index (χ2v) is 10.5. The molecular formula is C24H31N5O6S. The fourth-order valence-corrected chi connectivity index (χ4v) is 6.05. The molecule has 0 saturated heterocycles. The Kier molecular flexibility index (Phi) is 8.31. The molecule has 1 aliphatic heterocycles. The first-order valence-electron chi connectivity index (χ1n) is 11.5. The van der Waals surface area contributed by atoms with E-state index in [9.17, 15) is 23.1 Å². The van der Waals surface area contributed by atoms with Crippen molar-refractivity contribution in [3.8, 4) is 0 Å². The molecule has 1 aromatic heterocycles. The molecule has 1 atom stereocenters. The maximum Gasteiger partial charge on any atom is 0.345 e. The minimum Gasteiger partial charge on any atom is -0.478 e. The molecule has 5 N–H and O–H groups in total. The second kappa shape index (κ2) is 11.0. The number of nitrogens with two attached hydrogens (primary N) is 1. The fourth-order valence-electron chi connectivity index (χ4n) is 4.28. The van der Waals surface area contributed by atoms with E-state index < -0.39 is 27.6 Å². The summed E-state index contributed by atoms with van der Waals surface area (Å²) in [7, 11) is -4.35. The summed E-state index contributed by atoms with van der Waals surface area (Å²) in [5, 5.41) is 16.2. The van der Waals surface area contributed by atoms with Gasteiger partial charge in [-0.25, -0.2) is 18.2 Å². The van der Waals surface area contributed by atoms with Gasteiger partial charge in [-0.05, 0) is 69.7 Å². The smallest absolute Gasteiger partial charge is 0.345 e. The van der Waals surface area contributed by atoms with Gasteiger partial charge in [-0.3, -0.25) is 4.79 Å². The number of hydrogen-bond acceptors (Lipinski definition) is 8. The minimum absolute atomic E-state index is 0.00789. The molecule has 12 heteroatoms. The molecule has 0 bridgehead atoms. The minimum atomic E-state index is -4.35. The third-order valence-electron chi connectivity index (χ3n) is 5.80. The van der Waals surface area contributed by atoms with Gasteiger partial charge in [-0.2, -0.15) is 4.72 Å². The van der Waals surface area contributed by atoms with E-state index in [2.05, 4.69) is 20.2 Å². The number of oxime groups is 1. The maximum absolute atomic E-state index is 13.5. The van der Waals surface area contributed by atoms with E-state index in [1.807, 2.05) is 6.92 Å². The first-order valence-corrected chi connectivity index (χ1v) is 13.0. The number of nitrogens with one attached hydrogen (secondary N) is 2. The number of nitrogens with zero attached hydrogens (tertiary/aromatic N) is 2.